The van der Waals surface area contributed by atoms with Gasteiger partial charge < -0.3 is 9.47 Å². The zero-order valence-corrected chi connectivity index (χ0v) is 12.3. The molecule has 0 fully saturated rings. The molecule has 0 aliphatic rings. The van der Waals surface area contributed by atoms with E-state index in [4.69, 9.17) is 14.7 Å². The van der Waals surface area contributed by atoms with Crippen molar-refractivity contribution in [2.45, 2.75) is 0 Å². The second-order valence-corrected chi connectivity index (χ2v) is 5.03. The lowest BCUT2D eigenvalue weighted by Crippen LogP contribution is -2.08. The molecule has 96 valence electrons. The van der Waals surface area contributed by atoms with Crippen LogP contribution >= 0.6 is 22.6 Å². The second-order valence-electron chi connectivity index (χ2n) is 3.79. The third kappa shape index (κ3) is 4.45. The molecule has 0 aromatic heterocycles. The van der Waals surface area contributed by atoms with Crippen LogP contribution < -0.4 is 9.47 Å². The molecule has 0 bridgehead atoms. The van der Waals surface area contributed by atoms with Crippen LogP contribution in [0.4, 0.5) is 0 Å². The van der Waals surface area contributed by atoms with Crippen molar-refractivity contribution in [2.75, 3.05) is 13.2 Å². The minimum atomic E-state index is 0.470. The van der Waals surface area contributed by atoms with Crippen molar-refractivity contribution in [3.63, 3.8) is 0 Å². The van der Waals surface area contributed by atoms with Gasteiger partial charge in [0.1, 0.15) is 24.7 Å². The molecule has 0 saturated heterocycles. The molecule has 0 atom stereocenters. The van der Waals surface area contributed by atoms with Gasteiger partial charge in [-0.2, -0.15) is 5.26 Å². The molecule has 0 aliphatic heterocycles. The van der Waals surface area contributed by atoms with E-state index in [9.17, 15) is 0 Å². The van der Waals surface area contributed by atoms with Gasteiger partial charge in [-0.3, -0.25) is 0 Å². The average molecular weight is 365 g/mol. The summed E-state index contributed by atoms with van der Waals surface area (Å²) in [6.45, 7) is 0.957. The quantitative estimate of drug-likeness (QED) is 0.601. The maximum Gasteiger partial charge on any atom is 0.122 e. The summed E-state index contributed by atoms with van der Waals surface area (Å²) < 4.78 is 12.2. The van der Waals surface area contributed by atoms with Gasteiger partial charge in [0.15, 0.2) is 0 Å². The first-order valence-corrected chi connectivity index (χ1v) is 6.87. The maximum atomic E-state index is 8.68. The molecule has 0 unspecified atom stereocenters. The van der Waals surface area contributed by atoms with Gasteiger partial charge in [0.25, 0.3) is 0 Å². The fraction of sp³-hybridized carbons (Fsp3) is 0.133. The molecule has 4 heteroatoms. The minimum Gasteiger partial charge on any atom is -0.490 e. The van der Waals surface area contributed by atoms with E-state index in [0.29, 0.717) is 18.8 Å². The van der Waals surface area contributed by atoms with Crippen LogP contribution in [-0.4, -0.2) is 13.2 Å². The zero-order valence-electron chi connectivity index (χ0n) is 10.2. The first-order chi connectivity index (χ1) is 9.28. The van der Waals surface area contributed by atoms with Gasteiger partial charge in [0, 0.05) is 3.57 Å². The van der Waals surface area contributed by atoms with Crippen LogP contribution in [0.1, 0.15) is 5.56 Å². The fourth-order valence-corrected chi connectivity index (χ4v) is 1.84. The Morgan fingerprint density at radius 2 is 1.32 bits per heavy atom. The van der Waals surface area contributed by atoms with Crippen molar-refractivity contribution in [3.8, 4) is 17.6 Å². The Morgan fingerprint density at radius 1 is 0.842 bits per heavy atom. The van der Waals surface area contributed by atoms with Crippen LogP contribution in [0.5, 0.6) is 11.5 Å². The van der Waals surface area contributed by atoms with E-state index in [1.807, 2.05) is 24.3 Å². The van der Waals surface area contributed by atoms with Crippen LogP contribution in [0.25, 0.3) is 0 Å². The van der Waals surface area contributed by atoms with E-state index in [1.165, 1.54) is 3.57 Å². The monoisotopic (exact) mass is 365 g/mol. The third-order valence-corrected chi connectivity index (χ3v) is 3.14. The van der Waals surface area contributed by atoms with E-state index in [-0.39, 0.29) is 0 Å². The van der Waals surface area contributed by atoms with Gasteiger partial charge in [-0.1, -0.05) is 0 Å². The summed E-state index contributed by atoms with van der Waals surface area (Å²) in [6.07, 6.45) is 0. The lowest BCUT2D eigenvalue weighted by molar-refractivity contribution is 0.217. The van der Waals surface area contributed by atoms with Crippen LogP contribution in [0.2, 0.25) is 0 Å². The highest BCUT2D eigenvalue weighted by molar-refractivity contribution is 14.1. The van der Waals surface area contributed by atoms with Crippen molar-refractivity contribution >= 4 is 22.6 Å². The largest absolute Gasteiger partial charge is 0.490 e. The molecule has 0 radical (unpaired) electrons. The number of hydrogen-bond donors (Lipinski definition) is 0. The van der Waals surface area contributed by atoms with Crippen LogP contribution in [0, 0.1) is 14.9 Å². The normalized spacial score (nSPS) is 9.68. The molecule has 0 heterocycles. The van der Waals surface area contributed by atoms with Crippen molar-refractivity contribution < 1.29 is 9.47 Å². The Kier molecular flexibility index (Phi) is 5.04. The highest BCUT2D eigenvalue weighted by atomic mass is 127. The average Bonchev–Trinajstić information content (AvgIpc) is 2.46. The van der Waals surface area contributed by atoms with E-state index < -0.39 is 0 Å². The van der Waals surface area contributed by atoms with Crippen molar-refractivity contribution in [1.82, 2.24) is 0 Å². The number of ether oxygens (including phenoxy) is 2. The summed E-state index contributed by atoms with van der Waals surface area (Å²) in [4.78, 5) is 0. The molecule has 2 rings (SSSR count). The van der Waals surface area contributed by atoms with Gasteiger partial charge in [0.2, 0.25) is 0 Å². The molecule has 0 spiro atoms. The van der Waals surface area contributed by atoms with Crippen LogP contribution in [0.15, 0.2) is 48.5 Å². The smallest absolute Gasteiger partial charge is 0.122 e. The third-order valence-electron chi connectivity index (χ3n) is 2.42. The first-order valence-electron chi connectivity index (χ1n) is 5.79. The van der Waals surface area contributed by atoms with E-state index in [2.05, 4.69) is 28.7 Å². The highest BCUT2D eigenvalue weighted by Gasteiger charge is 1.96. The number of rotatable bonds is 5. The molecule has 0 N–H and O–H groups in total. The number of halogens is 1. The molecule has 3 nitrogen and oxygen atoms in total. The van der Waals surface area contributed by atoms with Gasteiger partial charge in [0.05, 0.1) is 11.6 Å². The van der Waals surface area contributed by atoms with Gasteiger partial charge >= 0.3 is 0 Å². The van der Waals surface area contributed by atoms with Gasteiger partial charge in [-0.25, -0.2) is 0 Å². The van der Waals surface area contributed by atoms with E-state index in [0.717, 1.165) is 11.5 Å². The van der Waals surface area contributed by atoms with Crippen molar-refractivity contribution in [3.05, 3.63) is 57.7 Å². The molecular formula is C15H12INO2. The van der Waals surface area contributed by atoms with Crippen LogP contribution in [0.3, 0.4) is 0 Å². The second kappa shape index (κ2) is 7.00. The summed E-state index contributed by atoms with van der Waals surface area (Å²) in [6, 6.07) is 17.0. The topological polar surface area (TPSA) is 42.2 Å². The van der Waals surface area contributed by atoms with Crippen molar-refractivity contribution in [1.29, 1.82) is 5.26 Å². The predicted octanol–water partition coefficient (Wildman–Crippen LogP) is 3.62. The molecule has 2 aromatic carbocycles. The standard InChI is InChI=1S/C15H12INO2/c16-13-3-7-15(8-4-13)19-10-9-18-14-5-1-12(11-17)2-6-14/h1-8H,9-10H2. The highest BCUT2D eigenvalue weighted by Crippen LogP contribution is 2.14. The van der Waals surface area contributed by atoms with E-state index >= 15 is 0 Å². The van der Waals surface area contributed by atoms with Crippen molar-refractivity contribution in [2.24, 2.45) is 0 Å². The molecule has 2 aromatic rings. The SMILES string of the molecule is N#Cc1ccc(OCCOc2ccc(I)cc2)cc1. The Morgan fingerprint density at radius 3 is 1.79 bits per heavy atom. The van der Waals surface area contributed by atoms with Crippen LogP contribution in [-0.2, 0) is 0 Å². The summed E-state index contributed by atoms with van der Waals surface area (Å²) in [5.74, 6) is 1.58. The Bertz CT molecular complexity index is 558. The number of hydrogen-bond acceptors (Lipinski definition) is 3. The number of benzene rings is 2. The number of nitriles is 1. The van der Waals surface area contributed by atoms with Gasteiger partial charge in [-0.15, -0.1) is 0 Å². The van der Waals surface area contributed by atoms with E-state index in [1.54, 1.807) is 24.3 Å². The molecule has 19 heavy (non-hydrogen) atoms. The summed E-state index contributed by atoms with van der Waals surface area (Å²) in [5.41, 5.74) is 0.627. The zero-order chi connectivity index (χ0) is 13.5. The van der Waals surface area contributed by atoms with Gasteiger partial charge in [-0.05, 0) is 71.1 Å². The molecule has 0 aliphatic carbocycles. The first kappa shape index (κ1) is 13.7. The number of nitrogens with zero attached hydrogens (tertiary/aromatic N) is 1. The summed E-state index contributed by atoms with van der Waals surface area (Å²) in [7, 11) is 0. The Labute approximate surface area is 125 Å². The molecule has 0 amide bonds. The Hall–Kier alpha value is -1.74. The summed E-state index contributed by atoms with van der Waals surface area (Å²) >= 11 is 2.25. The molecular weight excluding hydrogens is 353 g/mol. The Balaban J connectivity index is 1.74. The summed E-state index contributed by atoms with van der Waals surface area (Å²) in [5, 5.41) is 8.68. The fourth-order valence-electron chi connectivity index (χ4n) is 1.48. The predicted molar refractivity (Wildman–Crippen MR) is 81.3 cm³/mol. The maximum absolute atomic E-state index is 8.68. The minimum absolute atomic E-state index is 0.470. The lowest BCUT2D eigenvalue weighted by Gasteiger charge is -2.08. The molecule has 0 saturated carbocycles. The lowest BCUT2D eigenvalue weighted by atomic mass is 10.2.